The highest BCUT2D eigenvalue weighted by Crippen LogP contribution is 2.34. The van der Waals surface area contributed by atoms with Gasteiger partial charge in [-0.05, 0) is 37.5 Å². The van der Waals surface area contributed by atoms with Gasteiger partial charge in [-0.15, -0.1) is 0 Å². The minimum atomic E-state index is 0.556. The molecule has 1 aliphatic rings. The third-order valence-corrected chi connectivity index (χ3v) is 3.32. The maximum Gasteiger partial charge on any atom is 0.0617 e. The summed E-state index contributed by atoms with van der Waals surface area (Å²) >= 11 is 6.00. The van der Waals surface area contributed by atoms with Gasteiger partial charge in [0, 0.05) is 17.6 Å². The van der Waals surface area contributed by atoms with E-state index in [9.17, 15) is 0 Å². The highest BCUT2D eigenvalue weighted by atomic mass is 35.5. The van der Waals surface area contributed by atoms with Crippen LogP contribution in [0.3, 0.4) is 0 Å². The Bertz CT molecular complexity index is 365. The van der Waals surface area contributed by atoms with Crippen LogP contribution >= 0.6 is 11.6 Å². The van der Waals surface area contributed by atoms with Crippen molar-refractivity contribution in [3.8, 4) is 0 Å². The molecule has 0 bridgehead atoms. The molecule has 1 fully saturated rings. The second-order valence-electron chi connectivity index (χ2n) is 4.55. The Morgan fingerprint density at radius 1 is 1.40 bits per heavy atom. The van der Waals surface area contributed by atoms with E-state index in [1.807, 2.05) is 18.2 Å². The lowest BCUT2D eigenvalue weighted by molar-refractivity contribution is 0.625. The summed E-state index contributed by atoms with van der Waals surface area (Å²) in [6, 6.07) is 6.24. The van der Waals surface area contributed by atoms with Gasteiger partial charge in [0.15, 0.2) is 0 Å². The SMILES string of the molecule is CC1CC(C)N(c2cc(Cl)ccc2N)C1. The Morgan fingerprint density at radius 2 is 2.13 bits per heavy atom. The third-order valence-electron chi connectivity index (χ3n) is 3.09. The molecule has 2 atom stereocenters. The fourth-order valence-corrected chi connectivity index (χ4v) is 2.57. The van der Waals surface area contributed by atoms with Crippen LogP contribution in [0.5, 0.6) is 0 Å². The van der Waals surface area contributed by atoms with E-state index in [0.29, 0.717) is 6.04 Å². The molecular weight excluding hydrogens is 208 g/mol. The van der Waals surface area contributed by atoms with Crippen LogP contribution in [0.1, 0.15) is 20.3 Å². The normalized spacial score (nSPS) is 25.9. The molecule has 3 heteroatoms. The van der Waals surface area contributed by atoms with Crippen LogP contribution in [0.25, 0.3) is 0 Å². The quantitative estimate of drug-likeness (QED) is 0.743. The molecule has 1 aliphatic heterocycles. The van der Waals surface area contributed by atoms with Gasteiger partial charge >= 0.3 is 0 Å². The van der Waals surface area contributed by atoms with Gasteiger partial charge in [-0.1, -0.05) is 18.5 Å². The van der Waals surface area contributed by atoms with Crippen molar-refractivity contribution >= 4 is 23.0 Å². The molecule has 82 valence electrons. The Morgan fingerprint density at radius 3 is 2.73 bits per heavy atom. The van der Waals surface area contributed by atoms with Gasteiger partial charge < -0.3 is 10.6 Å². The van der Waals surface area contributed by atoms with Gasteiger partial charge in [0.1, 0.15) is 0 Å². The Labute approximate surface area is 96.0 Å². The molecule has 15 heavy (non-hydrogen) atoms. The zero-order valence-electron chi connectivity index (χ0n) is 9.20. The lowest BCUT2D eigenvalue weighted by Gasteiger charge is -2.25. The van der Waals surface area contributed by atoms with Crippen LogP contribution in [0.15, 0.2) is 18.2 Å². The Kier molecular flexibility index (Phi) is 2.79. The average molecular weight is 225 g/mol. The lowest BCUT2D eigenvalue weighted by Crippen LogP contribution is -2.27. The van der Waals surface area contributed by atoms with E-state index in [1.165, 1.54) is 6.42 Å². The van der Waals surface area contributed by atoms with Crippen molar-refractivity contribution in [2.24, 2.45) is 5.92 Å². The van der Waals surface area contributed by atoms with Crippen LogP contribution in [0, 0.1) is 5.92 Å². The number of anilines is 2. The van der Waals surface area contributed by atoms with Crippen molar-refractivity contribution in [1.82, 2.24) is 0 Å². The number of nitrogens with zero attached hydrogens (tertiary/aromatic N) is 1. The molecule has 0 aliphatic carbocycles. The molecule has 0 radical (unpaired) electrons. The van der Waals surface area contributed by atoms with Crippen LogP contribution in [-0.2, 0) is 0 Å². The summed E-state index contributed by atoms with van der Waals surface area (Å²) in [7, 11) is 0. The first-order chi connectivity index (χ1) is 7.08. The molecular formula is C12H17ClN2. The van der Waals surface area contributed by atoms with Crippen LogP contribution in [0.2, 0.25) is 5.02 Å². The standard InChI is InChI=1S/C12H17ClN2/c1-8-5-9(2)15(7-8)12-6-10(13)3-4-11(12)14/h3-4,6,8-9H,5,7,14H2,1-2H3. The summed E-state index contributed by atoms with van der Waals surface area (Å²) in [5.41, 5.74) is 7.88. The minimum Gasteiger partial charge on any atom is -0.397 e. The molecule has 2 unspecified atom stereocenters. The monoisotopic (exact) mass is 224 g/mol. The number of rotatable bonds is 1. The number of nitrogen functional groups attached to an aromatic ring is 1. The number of hydrogen-bond donors (Lipinski definition) is 1. The molecule has 2 rings (SSSR count). The van der Waals surface area contributed by atoms with Gasteiger partial charge in [0.2, 0.25) is 0 Å². The molecule has 0 aromatic heterocycles. The molecule has 0 saturated carbocycles. The zero-order valence-corrected chi connectivity index (χ0v) is 9.96. The topological polar surface area (TPSA) is 29.3 Å². The minimum absolute atomic E-state index is 0.556. The number of hydrogen-bond acceptors (Lipinski definition) is 2. The van der Waals surface area contributed by atoms with E-state index in [-0.39, 0.29) is 0 Å². The molecule has 1 heterocycles. The van der Waals surface area contributed by atoms with Gasteiger partial charge in [-0.3, -0.25) is 0 Å². The Balaban J connectivity index is 2.32. The maximum atomic E-state index is 6.00. The fourth-order valence-electron chi connectivity index (χ4n) is 2.40. The third kappa shape index (κ3) is 2.05. The van der Waals surface area contributed by atoms with Crippen molar-refractivity contribution < 1.29 is 0 Å². The summed E-state index contributed by atoms with van der Waals surface area (Å²) < 4.78 is 0. The first kappa shape index (κ1) is 10.6. The van der Waals surface area contributed by atoms with Crippen molar-refractivity contribution in [2.45, 2.75) is 26.3 Å². The molecule has 1 aromatic rings. The average Bonchev–Trinajstić information content (AvgIpc) is 2.50. The predicted octanol–water partition coefficient (Wildman–Crippen LogP) is 3.16. The highest BCUT2D eigenvalue weighted by Gasteiger charge is 2.27. The second kappa shape index (κ2) is 3.93. The van der Waals surface area contributed by atoms with E-state index in [4.69, 9.17) is 17.3 Å². The highest BCUT2D eigenvalue weighted by molar-refractivity contribution is 6.31. The van der Waals surface area contributed by atoms with Crippen molar-refractivity contribution in [3.63, 3.8) is 0 Å². The number of nitrogens with two attached hydrogens (primary N) is 1. The van der Waals surface area contributed by atoms with E-state index in [0.717, 1.165) is 28.9 Å². The summed E-state index contributed by atoms with van der Waals surface area (Å²) in [5.74, 6) is 0.735. The van der Waals surface area contributed by atoms with Crippen molar-refractivity contribution in [1.29, 1.82) is 0 Å². The summed E-state index contributed by atoms with van der Waals surface area (Å²) in [4.78, 5) is 2.35. The number of halogens is 1. The van der Waals surface area contributed by atoms with Gasteiger partial charge in [0.25, 0.3) is 0 Å². The van der Waals surface area contributed by atoms with Crippen molar-refractivity contribution in [3.05, 3.63) is 23.2 Å². The van der Waals surface area contributed by atoms with Crippen LogP contribution < -0.4 is 10.6 Å². The van der Waals surface area contributed by atoms with Crippen molar-refractivity contribution in [2.75, 3.05) is 17.2 Å². The largest absolute Gasteiger partial charge is 0.397 e. The Hall–Kier alpha value is -0.890. The predicted molar refractivity (Wildman–Crippen MR) is 66.5 cm³/mol. The number of benzene rings is 1. The molecule has 1 saturated heterocycles. The van der Waals surface area contributed by atoms with Crippen LogP contribution in [0.4, 0.5) is 11.4 Å². The van der Waals surface area contributed by atoms with E-state index < -0.39 is 0 Å². The first-order valence-corrected chi connectivity index (χ1v) is 5.77. The molecule has 1 aromatic carbocycles. The summed E-state index contributed by atoms with van der Waals surface area (Å²) in [6.07, 6.45) is 1.23. The lowest BCUT2D eigenvalue weighted by atomic mass is 10.1. The fraction of sp³-hybridized carbons (Fsp3) is 0.500. The van der Waals surface area contributed by atoms with Gasteiger partial charge in [-0.2, -0.15) is 0 Å². The smallest absolute Gasteiger partial charge is 0.0617 e. The van der Waals surface area contributed by atoms with E-state index in [1.54, 1.807) is 0 Å². The summed E-state index contributed by atoms with van der Waals surface area (Å²) in [6.45, 7) is 5.59. The van der Waals surface area contributed by atoms with E-state index in [2.05, 4.69) is 18.7 Å². The van der Waals surface area contributed by atoms with Crippen LogP contribution in [-0.4, -0.2) is 12.6 Å². The molecule has 0 spiro atoms. The van der Waals surface area contributed by atoms with E-state index >= 15 is 0 Å². The van der Waals surface area contributed by atoms with Gasteiger partial charge in [-0.25, -0.2) is 0 Å². The second-order valence-corrected chi connectivity index (χ2v) is 4.98. The molecule has 2 nitrogen and oxygen atoms in total. The zero-order chi connectivity index (χ0) is 11.0. The first-order valence-electron chi connectivity index (χ1n) is 5.39. The molecule has 2 N–H and O–H groups in total. The molecule has 0 amide bonds. The maximum absolute atomic E-state index is 6.00. The van der Waals surface area contributed by atoms with Gasteiger partial charge in [0.05, 0.1) is 11.4 Å². The summed E-state index contributed by atoms with van der Waals surface area (Å²) in [5, 5.41) is 0.756.